The van der Waals surface area contributed by atoms with Crippen molar-refractivity contribution in [2.45, 2.75) is 6.42 Å². The van der Waals surface area contributed by atoms with Crippen molar-refractivity contribution in [1.29, 1.82) is 0 Å². The Morgan fingerprint density at radius 1 is 1.50 bits per heavy atom. The van der Waals surface area contributed by atoms with E-state index in [0.717, 1.165) is 17.1 Å². The average Bonchev–Trinajstić information content (AvgIpc) is 2.77. The minimum absolute atomic E-state index is 0.0616. The van der Waals surface area contributed by atoms with Crippen LogP contribution in [0.5, 0.6) is 0 Å². The van der Waals surface area contributed by atoms with Crippen LogP contribution in [-0.2, 0) is 6.42 Å². The average molecular weight is 301 g/mol. The van der Waals surface area contributed by atoms with Gasteiger partial charge in [0, 0.05) is 6.42 Å². The van der Waals surface area contributed by atoms with Crippen molar-refractivity contribution in [1.82, 2.24) is 9.59 Å². The number of Topliss-reactive ketones (excluding diaryl/α,β-unsaturated/α-hetero) is 1. The minimum atomic E-state index is -0.337. The van der Waals surface area contributed by atoms with Gasteiger partial charge < -0.3 is 0 Å². The van der Waals surface area contributed by atoms with E-state index in [0.29, 0.717) is 9.35 Å². The molecule has 82 valence electrons. The molecule has 2 rings (SSSR count). The van der Waals surface area contributed by atoms with E-state index in [9.17, 15) is 9.18 Å². The second kappa shape index (κ2) is 4.80. The first-order chi connectivity index (χ1) is 7.66. The summed E-state index contributed by atoms with van der Waals surface area (Å²) in [5.74, 6) is -0.399. The summed E-state index contributed by atoms with van der Waals surface area (Å²) in [5, 5.41) is 3.59. The Labute approximate surface area is 104 Å². The molecule has 0 spiro atoms. The predicted octanol–water partition coefficient (Wildman–Crippen LogP) is 2.87. The molecule has 1 aromatic carbocycles. The molecule has 0 amide bonds. The predicted molar refractivity (Wildman–Crippen MR) is 62.0 cm³/mol. The molecular formula is C10H6BrFN2OS. The second-order valence-corrected chi connectivity index (χ2v) is 4.77. The van der Waals surface area contributed by atoms with Crippen LogP contribution in [0.2, 0.25) is 0 Å². The molecule has 0 radical (unpaired) electrons. The van der Waals surface area contributed by atoms with E-state index in [1.54, 1.807) is 12.1 Å². The number of halogens is 2. The summed E-state index contributed by atoms with van der Waals surface area (Å²) in [7, 11) is 0. The van der Waals surface area contributed by atoms with Gasteiger partial charge in [-0.25, -0.2) is 4.39 Å². The van der Waals surface area contributed by atoms with Gasteiger partial charge in [-0.2, -0.15) is 0 Å². The molecule has 0 aliphatic heterocycles. The number of aromatic nitrogens is 2. The Hall–Kier alpha value is -1.14. The highest BCUT2D eigenvalue weighted by Crippen LogP contribution is 2.18. The lowest BCUT2D eigenvalue weighted by molar-refractivity contribution is 0.0996. The molecule has 0 saturated heterocycles. The highest BCUT2D eigenvalue weighted by Gasteiger charge is 2.10. The molecule has 0 unspecified atom stereocenters. The Balaban J connectivity index is 2.15. The van der Waals surface area contributed by atoms with Crippen molar-refractivity contribution in [2.75, 3.05) is 0 Å². The standard InChI is InChI=1S/C10H6BrFN2OS/c11-7-3-6(1-2-8(7)12)4-9(15)10-5-13-14-16-10/h1-3,5H,4H2. The zero-order valence-electron chi connectivity index (χ0n) is 7.98. The summed E-state index contributed by atoms with van der Waals surface area (Å²) in [5.41, 5.74) is 0.756. The molecule has 1 aromatic heterocycles. The fraction of sp³-hybridized carbons (Fsp3) is 0.100. The van der Waals surface area contributed by atoms with Gasteiger partial charge in [0.05, 0.1) is 10.7 Å². The smallest absolute Gasteiger partial charge is 0.180 e. The molecule has 1 heterocycles. The van der Waals surface area contributed by atoms with Gasteiger partial charge in [0.1, 0.15) is 10.7 Å². The maximum atomic E-state index is 13.0. The molecule has 2 aromatic rings. The molecular weight excluding hydrogens is 295 g/mol. The molecule has 6 heteroatoms. The number of carbonyl (C=O) groups excluding carboxylic acids is 1. The number of hydrogen-bond donors (Lipinski definition) is 0. The maximum Gasteiger partial charge on any atom is 0.180 e. The van der Waals surface area contributed by atoms with Crippen LogP contribution in [-0.4, -0.2) is 15.4 Å². The van der Waals surface area contributed by atoms with Crippen LogP contribution < -0.4 is 0 Å². The molecule has 3 nitrogen and oxygen atoms in total. The summed E-state index contributed by atoms with van der Waals surface area (Å²) in [6.45, 7) is 0. The van der Waals surface area contributed by atoms with Crippen molar-refractivity contribution < 1.29 is 9.18 Å². The van der Waals surface area contributed by atoms with Crippen LogP contribution >= 0.6 is 27.5 Å². The molecule has 0 atom stereocenters. The zero-order chi connectivity index (χ0) is 11.5. The van der Waals surface area contributed by atoms with Gasteiger partial charge in [-0.15, -0.1) is 5.10 Å². The highest BCUT2D eigenvalue weighted by molar-refractivity contribution is 9.10. The molecule has 0 fully saturated rings. The van der Waals surface area contributed by atoms with Crippen LogP contribution in [0.4, 0.5) is 4.39 Å². The van der Waals surface area contributed by atoms with Crippen molar-refractivity contribution in [3.63, 3.8) is 0 Å². The molecule has 0 aliphatic rings. The maximum absolute atomic E-state index is 13.0. The lowest BCUT2D eigenvalue weighted by Gasteiger charge is -2.00. The van der Waals surface area contributed by atoms with E-state index in [1.165, 1.54) is 12.3 Å². The quantitative estimate of drug-likeness (QED) is 0.819. The van der Waals surface area contributed by atoms with Crippen LogP contribution in [0, 0.1) is 5.82 Å². The van der Waals surface area contributed by atoms with Crippen LogP contribution in [0.3, 0.4) is 0 Å². The van der Waals surface area contributed by atoms with Gasteiger partial charge >= 0.3 is 0 Å². The lowest BCUT2D eigenvalue weighted by Crippen LogP contribution is -2.01. The number of nitrogens with zero attached hydrogens (tertiary/aromatic N) is 2. The van der Waals surface area contributed by atoms with Crippen LogP contribution in [0.15, 0.2) is 28.9 Å². The summed E-state index contributed by atoms with van der Waals surface area (Å²) >= 11 is 4.14. The Kier molecular flexibility index (Phi) is 3.40. The fourth-order valence-electron chi connectivity index (χ4n) is 1.21. The Morgan fingerprint density at radius 2 is 2.31 bits per heavy atom. The topological polar surface area (TPSA) is 42.9 Å². The van der Waals surface area contributed by atoms with Gasteiger partial charge in [-0.3, -0.25) is 4.79 Å². The number of hydrogen-bond acceptors (Lipinski definition) is 4. The van der Waals surface area contributed by atoms with Crippen LogP contribution in [0.1, 0.15) is 15.2 Å². The largest absolute Gasteiger partial charge is 0.293 e. The van der Waals surface area contributed by atoms with Gasteiger partial charge in [0.15, 0.2) is 5.78 Å². The molecule has 16 heavy (non-hydrogen) atoms. The minimum Gasteiger partial charge on any atom is -0.293 e. The van der Waals surface area contributed by atoms with E-state index in [2.05, 4.69) is 25.5 Å². The van der Waals surface area contributed by atoms with E-state index >= 15 is 0 Å². The second-order valence-electron chi connectivity index (χ2n) is 3.13. The number of ketones is 1. The third kappa shape index (κ3) is 2.51. The van der Waals surface area contributed by atoms with Gasteiger partial charge in [0.2, 0.25) is 0 Å². The van der Waals surface area contributed by atoms with E-state index < -0.39 is 0 Å². The van der Waals surface area contributed by atoms with Crippen molar-refractivity contribution in [2.24, 2.45) is 0 Å². The lowest BCUT2D eigenvalue weighted by atomic mass is 10.1. The van der Waals surface area contributed by atoms with Crippen molar-refractivity contribution in [3.8, 4) is 0 Å². The third-order valence-corrected chi connectivity index (χ3v) is 3.30. The Bertz CT molecular complexity index is 516. The summed E-state index contributed by atoms with van der Waals surface area (Å²) < 4.78 is 16.9. The first-order valence-electron chi connectivity index (χ1n) is 4.41. The van der Waals surface area contributed by atoms with Gasteiger partial charge in [-0.05, 0) is 45.2 Å². The number of benzene rings is 1. The van der Waals surface area contributed by atoms with E-state index in [-0.39, 0.29) is 18.0 Å². The highest BCUT2D eigenvalue weighted by atomic mass is 79.9. The normalized spacial score (nSPS) is 10.4. The molecule has 0 aliphatic carbocycles. The van der Waals surface area contributed by atoms with Crippen molar-refractivity contribution in [3.05, 3.63) is 45.1 Å². The fourth-order valence-corrected chi connectivity index (χ4v) is 2.09. The molecule has 0 N–H and O–H groups in total. The summed E-state index contributed by atoms with van der Waals surface area (Å²) in [6.07, 6.45) is 1.66. The monoisotopic (exact) mass is 300 g/mol. The number of carbonyl (C=O) groups is 1. The van der Waals surface area contributed by atoms with Gasteiger partial charge in [0.25, 0.3) is 0 Å². The number of rotatable bonds is 3. The SMILES string of the molecule is O=C(Cc1ccc(F)c(Br)c1)c1cnns1. The van der Waals surface area contributed by atoms with E-state index in [4.69, 9.17) is 0 Å². The Morgan fingerprint density at radius 3 is 2.94 bits per heavy atom. The summed E-state index contributed by atoms with van der Waals surface area (Å²) in [6, 6.07) is 4.52. The first kappa shape index (κ1) is 11.3. The molecule has 0 saturated carbocycles. The van der Waals surface area contributed by atoms with Crippen LogP contribution in [0.25, 0.3) is 0 Å². The molecule has 0 bridgehead atoms. The summed E-state index contributed by atoms with van der Waals surface area (Å²) in [4.78, 5) is 12.2. The van der Waals surface area contributed by atoms with Gasteiger partial charge in [-0.1, -0.05) is 10.6 Å². The van der Waals surface area contributed by atoms with Crippen molar-refractivity contribution >= 4 is 33.2 Å². The first-order valence-corrected chi connectivity index (χ1v) is 5.98. The zero-order valence-corrected chi connectivity index (χ0v) is 10.4. The van der Waals surface area contributed by atoms with E-state index in [1.807, 2.05) is 0 Å². The third-order valence-electron chi connectivity index (χ3n) is 1.98.